The van der Waals surface area contributed by atoms with Crippen LogP contribution in [0.3, 0.4) is 0 Å². The van der Waals surface area contributed by atoms with Crippen molar-refractivity contribution < 1.29 is 41.1 Å². The van der Waals surface area contributed by atoms with E-state index >= 15 is 0 Å². The largest absolute Gasteiger partial charge is 0.455 e. The van der Waals surface area contributed by atoms with Crippen molar-refractivity contribution in [3.05, 3.63) is 143 Å². The van der Waals surface area contributed by atoms with Gasteiger partial charge in [-0.1, -0.05) is 133 Å². The summed E-state index contributed by atoms with van der Waals surface area (Å²) in [5.41, 5.74) is -1.95. The minimum atomic E-state index is -4.48. The van der Waals surface area contributed by atoms with Crippen molar-refractivity contribution in [2.75, 3.05) is 18.5 Å². The molecule has 0 saturated carbocycles. The molecular formula is C47H52N5O10SSi. The van der Waals surface area contributed by atoms with E-state index in [-0.39, 0.29) is 35.2 Å². The average Bonchev–Trinajstić information content (AvgIpc) is 3.80. The lowest BCUT2D eigenvalue weighted by atomic mass is 9.95. The third kappa shape index (κ3) is 9.79. The number of aromatic amines is 1. The highest BCUT2D eigenvalue weighted by Gasteiger charge is 2.71. The van der Waals surface area contributed by atoms with E-state index < -0.39 is 77.6 Å². The van der Waals surface area contributed by atoms with E-state index in [1.54, 1.807) is 30.5 Å². The highest BCUT2D eigenvalue weighted by molar-refractivity contribution is 7.86. The molecule has 0 unspecified atom stereocenters. The standard InChI is InChI=1S/C47H52N5O10SSi/c1-31(2)42(54)50-44-49-41-38(43(55)51-44)48-30-52(41)47(64(36-19-13-9-14-20-36)37-21-15-10-16-22-37)40(61-33(4)53)39(58-27-34-17-11-8-12-18-34)46(62-47,28-59-45(5,6)7)29-60-63(56,57)35-25-23-32(3)24-26-35/h8-26,30-31,39-40H,27-29H2,1-7H3,(H2,49,50,51,54,55)/t39-,40+,46-,47-/m0/s1. The van der Waals surface area contributed by atoms with Gasteiger partial charge in [0.25, 0.3) is 15.7 Å². The van der Waals surface area contributed by atoms with Crippen molar-refractivity contribution in [3.63, 3.8) is 0 Å². The summed E-state index contributed by atoms with van der Waals surface area (Å²) in [5.74, 6) is -1.74. The van der Waals surface area contributed by atoms with Crippen LogP contribution in [0.5, 0.6) is 0 Å². The number of hydrogen-bond acceptors (Lipinski definition) is 12. The lowest BCUT2D eigenvalue weighted by Gasteiger charge is -2.42. The first-order valence-electron chi connectivity index (χ1n) is 20.8. The number of benzene rings is 4. The number of aryl methyl sites for hydroxylation is 1. The number of carbonyl (C=O) groups is 2. The van der Waals surface area contributed by atoms with E-state index in [1.165, 1.54) is 25.4 Å². The summed E-state index contributed by atoms with van der Waals surface area (Å²) in [6.45, 7) is 10.9. The van der Waals surface area contributed by atoms with E-state index in [0.717, 1.165) is 21.5 Å². The van der Waals surface area contributed by atoms with E-state index in [0.29, 0.717) is 0 Å². The van der Waals surface area contributed by atoms with Gasteiger partial charge in [0, 0.05) is 12.8 Å². The number of nitrogens with zero attached hydrogens (tertiary/aromatic N) is 3. The molecule has 64 heavy (non-hydrogen) atoms. The molecule has 4 atom stereocenters. The topological polar surface area (TPSA) is 190 Å². The summed E-state index contributed by atoms with van der Waals surface area (Å²) in [5, 5.41) is 2.26. The maximum atomic E-state index is 14.2. The number of esters is 1. The van der Waals surface area contributed by atoms with Crippen molar-refractivity contribution in [2.45, 2.75) is 88.7 Å². The molecule has 1 fully saturated rings. The maximum Gasteiger partial charge on any atom is 0.303 e. The Kier molecular flexibility index (Phi) is 13.5. The number of amides is 1. The summed E-state index contributed by atoms with van der Waals surface area (Å²) in [6.07, 6.45) is -1.42. The molecule has 335 valence electrons. The van der Waals surface area contributed by atoms with Gasteiger partial charge in [0.2, 0.25) is 11.9 Å². The molecule has 6 aromatic rings. The number of carbonyl (C=O) groups excluding carboxylic acids is 2. The summed E-state index contributed by atoms with van der Waals surface area (Å²) in [7, 11) is -7.08. The van der Waals surface area contributed by atoms with Crippen LogP contribution in [-0.2, 0) is 54.8 Å². The molecule has 1 amide bonds. The van der Waals surface area contributed by atoms with Crippen molar-refractivity contribution in [1.82, 2.24) is 19.5 Å². The lowest BCUT2D eigenvalue weighted by molar-refractivity contribution is -0.196. The summed E-state index contributed by atoms with van der Waals surface area (Å²) >= 11 is 0. The van der Waals surface area contributed by atoms with E-state index in [9.17, 15) is 22.8 Å². The summed E-state index contributed by atoms with van der Waals surface area (Å²) in [4.78, 5) is 52.6. The van der Waals surface area contributed by atoms with Crippen LogP contribution < -0.4 is 21.2 Å². The number of hydrogen-bond donors (Lipinski definition) is 2. The molecule has 2 N–H and O–H groups in total. The van der Waals surface area contributed by atoms with Crippen LogP contribution in [-0.4, -0.2) is 85.2 Å². The van der Waals surface area contributed by atoms with Gasteiger partial charge < -0.3 is 18.9 Å². The van der Waals surface area contributed by atoms with Crippen molar-refractivity contribution in [3.8, 4) is 0 Å². The smallest absolute Gasteiger partial charge is 0.303 e. The number of aromatic nitrogens is 4. The normalized spacial score (nSPS) is 20.2. The number of rotatable bonds is 16. The molecule has 0 spiro atoms. The maximum absolute atomic E-state index is 14.2. The second-order valence-electron chi connectivity index (χ2n) is 17.0. The third-order valence-corrected chi connectivity index (χ3v) is 15.1. The van der Waals surface area contributed by atoms with Crippen LogP contribution in [0.4, 0.5) is 5.95 Å². The fraction of sp³-hybridized carbons (Fsp3) is 0.340. The van der Waals surface area contributed by atoms with Gasteiger partial charge in [-0.25, -0.2) is 4.98 Å². The number of fused-ring (bicyclic) bond motifs is 1. The Labute approximate surface area is 373 Å². The van der Waals surface area contributed by atoms with E-state index in [2.05, 4.69) is 15.3 Å². The molecular weight excluding hydrogens is 855 g/mol. The molecule has 1 radical (unpaired) electrons. The highest BCUT2D eigenvalue weighted by Crippen LogP contribution is 2.49. The van der Waals surface area contributed by atoms with Gasteiger partial charge in [0.15, 0.2) is 31.4 Å². The molecule has 3 heterocycles. The summed E-state index contributed by atoms with van der Waals surface area (Å²) < 4.78 is 63.8. The van der Waals surface area contributed by atoms with Gasteiger partial charge in [-0.2, -0.15) is 13.4 Å². The fourth-order valence-electron chi connectivity index (χ4n) is 7.54. The number of anilines is 1. The SMILES string of the molecule is CC(=O)O[C@@H]1[C@H](OCc2ccccc2)[C@](COC(C)(C)C)(COS(=O)(=O)c2ccc(C)cc2)O[C@]1(n1cnc2c(=O)[nH]c(NC(=O)C(C)C)nc21)[Si](c1ccccc1)c1ccccc1. The molecule has 1 aliphatic rings. The molecule has 2 aromatic heterocycles. The van der Waals surface area contributed by atoms with Crippen LogP contribution in [0.2, 0.25) is 0 Å². The van der Waals surface area contributed by atoms with E-state index in [4.69, 9.17) is 28.1 Å². The van der Waals surface area contributed by atoms with Gasteiger partial charge in [-0.15, -0.1) is 0 Å². The zero-order valence-electron chi connectivity index (χ0n) is 36.7. The molecule has 0 aliphatic carbocycles. The van der Waals surface area contributed by atoms with Crippen molar-refractivity contribution >= 4 is 58.3 Å². The molecule has 1 saturated heterocycles. The van der Waals surface area contributed by atoms with Gasteiger partial charge in [-0.3, -0.25) is 33.4 Å². The van der Waals surface area contributed by atoms with Gasteiger partial charge in [0.1, 0.15) is 18.3 Å². The Bertz CT molecular complexity index is 2710. The second-order valence-corrected chi connectivity index (χ2v) is 21.2. The quantitative estimate of drug-likeness (QED) is 0.0750. The van der Waals surface area contributed by atoms with Crippen molar-refractivity contribution in [2.24, 2.45) is 5.92 Å². The fourth-order valence-corrected chi connectivity index (χ4v) is 11.9. The zero-order chi connectivity index (χ0) is 45.9. The monoisotopic (exact) mass is 906 g/mol. The van der Waals surface area contributed by atoms with Crippen LogP contribution in [0, 0.1) is 12.8 Å². The lowest BCUT2D eigenvalue weighted by Crippen LogP contribution is -2.67. The first-order valence-corrected chi connectivity index (χ1v) is 23.7. The second kappa shape index (κ2) is 18.7. The highest BCUT2D eigenvalue weighted by atomic mass is 32.2. The Morgan fingerprint density at radius 2 is 1.48 bits per heavy atom. The Morgan fingerprint density at radius 3 is 2.05 bits per heavy atom. The molecule has 1 aliphatic heterocycles. The van der Waals surface area contributed by atoms with Crippen LogP contribution in [0.25, 0.3) is 11.2 Å². The first-order chi connectivity index (χ1) is 30.4. The molecule has 15 nitrogen and oxygen atoms in total. The minimum absolute atomic E-state index is 0.0307. The van der Waals surface area contributed by atoms with Crippen LogP contribution >= 0.6 is 0 Å². The molecule has 4 aromatic carbocycles. The first kappa shape index (κ1) is 46.2. The van der Waals surface area contributed by atoms with Crippen molar-refractivity contribution in [1.29, 1.82) is 0 Å². The van der Waals surface area contributed by atoms with Crippen LogP contribution in [0.1, 0.15) is 52.7 Å². The third-order valence-electron chi connectivity index (χ3n) is 10.6. The number of nitrogens with one attached hydrogen (secondary N) is 2. The van der Waals surface area contributed by atoms with Gasteiger partial charge in [0.05, 0.1) is 30.0 Å². The summed E-state index contributed by atoms with van der Waals surface area (Å²) in [6, 6.07) is 34.5. The predicted octanol–water partition coefficient (Wildman–Crippen LogP) is 5.03. The molecule has 0 bridgehead atoms. The van der Waals surface area contributed by atoms with E-state index in [1.807, 2.05) is 119 Å². The number of imidazole rings is 1. The predicted molar refractivity (Wildman–Crippen MR) is 242 cm³/mol. The number of H-pyrrole nitrogens is 1. The molecule has 7 rings (SSSR count). The van der Waals surface area contributed by atoms with Gasteiger partial charge >= 0.3 is 5.97 Å². The van der Waals surface area contributed by atoms with Crippen LogP contribution in [0.15, 0.2) is 131 Å². The number of ether oxygens (including phenoxy) is 4. The minimum Gasteiger partial charge on any atom is -0.455 e. The Balaban J connectivity index is 1.58. The Morgan fingerprint density at radius 1 is 0.891 bits per heavy atom. The average molecular weight is 907 g/mol. The van der Waals surface area contributed by atoms with Gasteiger partial charge in [-0.05, 0) is 45.4 Å². The Hall–Kier alpha value is -5.82. The molecule has 17 heteroatoms. The zero-order valence-corrected chi connectivity index (χ0v) is 38.5.